The van der Waals surface area contributed by atoms with Crippen molar-refractivity contribution in [3.8, 4) is 0 Å². The molecule has 2 amide bonds. The number of thiophene rings is 1. The van der Waals surface area contributed by atoms with Gasteiger partial charge in [-0.15, -0.1) is 11.3 Å². The Hall–Kier alpha value is -2.13. The number of urea groups is 1. The van der Waals surface area contributed by atoms with Gasteiger partial charge in [0, 0.05) is 26.2 Å². The van der Waals surface area contributed by atoms with Gasteiger partial charge in [-0.05, 0) is 11.4 Å². The van der Waals surface area contributed by atoms with Gasteiger partial charge in [0.25, 0.3) is 0 Å². The summed E-state index contributed by atoms with van der Waals surface area (Å²) in [4.78, 5) is 25.5. The molecule has 2 aromatic rings. The molecule has 0 spiro atoms. The van der Waals surface area contributed by atoms with Crippen LogP contribution < -0.4 is 21.5 Å². The van der Waals surface area contributed by atoms with Gasteiger partial charge in [-0.1, -0.05) is 0 Å². The van der Waals surface area contributed by atoms with E-state index in [1.54, 1.807) is 11.3 Å². The number of rotatable bonds is 2. The minimum atomic E-state index is 0.0346. The zero-order chi connectivity index (χ0) is 14.4. The van der Waals surface area contributed by atoms with Gasteiger partial charge >= 0.3 is 6.03 Å². The molecule has 0 radical (unpaired) electrons. The number of carbonyl (C=O) groups is 1. The molecule has 0 aromatic carbocycles. The number of nitrogens with zero attached hydrogens (tertiary/aromatic N) is 4. The molecule has 21 heavy (non-hydrogen) atoms. The summed E-state index contributed by atoms with van der Waals surface area (Å²) in [6.07, 6.45) is 0. The van der Waals surface area contributed by atoms with Gasteiger partial charge in [0.05, 0.1) is 11.4 Å². The number of piperazine rings is 1. The monoisotopic (exact) mass is 305 g/mol. The van der Waals surface area contributed by atoms with E-state index in [1.807, 2.05) is 16.3 Å². The average molecular weight is 305 g/mol. The van der Waals surface area contributed by atoms with E-state index in [0.29, 0.717) is 19.0 Å². The lowest BCUT2D eigenvalue weighted by atomic mass is 10.2. The second-order valence-electron chi connectivity index (χ2n) is 5.13. The largest absolute Gasteiger partial charge is 0.352 e. The van der Waals surface area contributed by atoms with Crippen molar-refractivity contribution in [1.82, 2.24) is 20.2 Å². The van der Waals surface area contributed by atoms with Gasteiger partial charge in [0.1, 0.15) is 10.6 Å². The highest BCUT2D eigenvalue weighted by Crippen LogP contribution is 2.30. The van der Waals surface area contributed by atoms with Crippen LogP contribution in [0.3, 0.4) is 0 Å². The first-order valence-electron chi connectivity index (χ1n) is 6.77. The second-order valence-corrected chi connectivity index (χ2v) is 6.03. The van der Waals surface area contributed by atoms with E-state index in [2.05, 4.69) is 25.6 Å². The first-order chi connectivity index (χ1) is 10.3. The Morgan fingerprint density at radius 1 is 1.43 bits per heavy atom. The number of nitrogens with two attached hydrogens (primary N) is 1. The van der Waals surface area contributed by atoms with E-state index in [4.69, 9.17) is 5.84 Å². The van der Waals surface area contributed by atoms with Crippen LogP contribution in [0.25, 0.3) is 10.2 Å². The number of hydrogen-bond acceptors (Lipinski definition) is 7. The summed E-state index contributed by atoms with van der Waals surface area (Å²) < 4.78 is 0. The number of fused-ring (bicyclic) bond motifs is 2. The predicted molar refractivity (Wildman–Crippen MR) is 81.3 cm³/mol. The number of nitrogens with one attached hydrogen (secondary N) is 2. The zero-order valence-electron chi connectivity index (χ0n) is 11.2. The lowest BCUT2D eigenvalue weighted by Crippen LogP contribution is -2.52. The van der Waals surface area contributed by atoms with Crippen molar-refractivity contribution in [2.24, 2.45) is 5.84 Å². The van der Waals surface area contributed by atoms with E-state index in [0.717, 1.165) is 29.1 Å². The quantitative estimate of drug-likeness (QED) is 0.541. The summed E-state index contributed by atoms with van der Waals surface area (Å²) in [5.41, 5.74) is 2.52. The molecular formula is C12H15N7OS. The molecule has 2 aliphatic heterocycles. The molecule has 1 unspecified atom stereocenters. The van der Waals surface area contributed by atoms with E-state index < -0.39 is 0 Å². The molecule has 2 aliphatic rings. The summed E-state index contributed by atoms with van der Waals surface area (Å²) >= 11 is 1.56. The summed E-state index contributed by atoms with van der Waals surface area (Å²) in [6, 6.07) is 2.26. The number of hydrogen-bond donors (Lipinski definition) is 3. The summed E-state index contributed by atoms with van der Waals surface area (Å²) in [7, 11) is 0. The SMILES string of the molecule is NNc1nc(N2CCN3C(=O)NCC3C2)c2ccsc2n1. The number of anilines is 2. The molecule has 4 N–H and O–H groups in total. The Bertz CT molecular complexity index is 702. The molecule has 1 atom stereocenters. The fourth-order valence-electron chi connectivity index (χ4n) is 2.94. The molecule has 2 aromatic heterocycles. The van der Waals surface area contributed by atoms with Crippen molar-refractivity contribution in [1.29, 1.82) is 0 Å². The van der Waals surface area contributed by atoms with Crippen LogP contribution in [0.2, 0.25) is 0 Å². The standard InChI is InChI=1S/C12H15N7OS/c13-17-11-15-9(8-1-4-21-10(8)16-11)18-2-3-19-7(6-18)5-14-12(19)20/h1,4,7H,2-3,5-6,13H2,(H,14,20)(H,15,16,17). The Labute approximate surface area is 124 Å². The molecule has 0 aliphatic carbocycles. The van der Waals surface area contributed by atoms with Crippen LogP contribution in [0.15, 0.2) is 11.4 Å². The van der Waals surface area contributed by atoms with Gasteiger partial charge in [0.2, 0.25) is 5.95 Å². The third-order valence-corrected chi connectivity index (χ3v) is 4.77. The highest BCUT2D eigenvalue weighted by Gasteiger charge is 2.36. The number of nitrogen functional groups attached to an aromatic ring is 1. The first kappa shape index (κ1) is 12.6. The van der Waals surface area contributed by atoms with Crippen molar-refractivity contribution in [2.45, 2.75) is 6.04 Å². The van der Waals surface area contributed by atoms with Crippen LogP contribution in [0.5, 0.6) is 0 Å². The highest BCUT2D eigenvalue weighted by atomic mass is 32.1. The van der Waals surface area contributed by atoms with Crippen LogP contribution in [-0.4, -0.2) is 53.1 Å². The van der Waals surface area contributed by atoms with Crippen LogP contribution >= 0.6 is 11.3 Å². The molecule has 0 bridgehead atoms. The molecule has 4 heterocycles. The summed E-state index contributed by atoms with van der Waals surface area (Å²) in [5.74, 6) is 6.76. The lowest BCUT2D eigenvalue weighted by molar-refractivity contribution is 0.197. The molecule has 9 heteroatoms. The summed E-state index contributed by atoms with van der Waals surface area (Å²) in [6.45, 7) is 2.92. The van der Waals surface area contributed by atoms with Gasteiger partial charge in [-0.25, -0.2) is 15.6 Å². The Kier molecular flexibility index (Phi) is 2.82. The Morgan fingerprint density at radius 3 is 3.19 bits per heavy atom. The molecule has 110 valence electrons. The molecule has 2 saturated heterocycles. The van der Waals surface area contributed by atoms with E-state index in [1.165, 1.54) is 0 Å². The average Bonchev–Trinajstić information content (AvgIpc) is 3.12. The third-order valence-electron chi connectivity index (χ3n) is 3.97. The number of amides is 2. The summed E-state index contributed by atoms with van der Waals surface area (Å²) in [5, 5.41) is 5.92. The van der Waals surface area contributed by atoms with E-state index in [9.17, 15) is 4.79 Å². The highest BCUT2D eigenvalue weighted by molar-refractivity contribution is 7.16. The molecule has 8 nitrogen and oxygen atoms in total. The predicted octanol–water partition coefficient (Wildman–Crippen LogP) is 0.191. The topological polar surface area (TPSA) is 99.4 Å². The van der Waals surface area contributed by atoms with Crippen LogP contribution in [0, 0.1) is 0 Å². The van der Waals surface area contributed by atoms with E-state index in [-0.39, 0.29) is 12.1 Å². The molecule has 2 fully saturated rings. The fourth-order valence-corrected chi connectivity index (χ4v) is 3.70. The maximum absolute atomic E-state index is 11.7. The number of aromatic nitrogens is 2. The minimum absolute atomic E-state index is 0.0346. The maximum Gasteiger partial charge on any atom is 0.317 e. The fraction of sp³-hybridized carbons (Fsp3) is 0.417. The van der Waals surface area contributed by atoms with Gasteiger partial charge in [-0.3, -0.25) is 5.43 Å². The minimum Gasteiger partial charge on any atom is -0.352 e. The van der Waals surface area contributed by atoms with Crippen LogP contribution in [-0.2, 0) is 0 Å². The smallest absolute Gasteiger partial charge is 0.317 e. The molecular weight excluding hydrogens is 290 g/mol. The zero-order valence-corrected chi connectivity index (χ0v) is 12.1. The van der Waals surface area contributed by atoms with Crippen molar-refractivity contribution >= 4 is 39.4 Å². The maximum atomic E-state index is 11.7. The van der Waals surface area contributed by atoms with Gasteiger partial charge in [-0.2, -0.15) is 4.98 Å². The van der Waals surface area contributed by atoms with Crippen LogP contribution in [0.1, 0.15) is 0 Å². The normalized spacial score (nSPS) is 21.6. The number of hydrazine groups is 1. The molecule has 4 rings (SSSR count). The van der Waals surface area contributed by atoms with Gasteiger partial charge in [0.15, 0.2) is 0 Å². The lowest BCUT2D eigenvalue weighted by Gasteiger charge is -2.37. The van der Waals surface area contributed by atoms with Crippen molar-refractivity contribution < 1.29 is 4.79 Å². The Morgan fingerprint density at radius 2 is 2.33 bits per heavy atom. The Balaban J connectivity index is 1.70. The van der Waals surface area contributed by atoms with Crippen molar-refractivity contribution in [2.75, 3.05) is 36.5 Å². The molecule has 0 saturated carbocycles. The van der Waals surface area contributed by atoms with E-state index >= 15 is 0 Å². The van der Waals surface area contributed by atoms with Crippen molar-refractivity contribution in [3.63, 3.8) is 0 Å². The van der Waals surface area contributed by atoms with Crippen LogP contribution in [0.4, 0.5) is 16.6 Å². The van der Waals surface area contributed by atoms with Gasteiger partial charge < -0.3 is 15.1 Å². The van der Waals surface area contributed by atoms with Crippen molar-refractivity contribution in [3.05, 3.63) is 11.4 Å². The number of carbonyl (C=O) groups excluding carboxylic acids is 1. The first-order valence-corrected chi connectivity index (χ1v) is 7.65. The second kappa shape index (κ2) is 4.71. The third kappa shape index (κ3) is 1.96.